The Bertz CT molecular complexity index is 613. The molecule has 0 saturated carbocycles. The van der Waals surface area contributed by atoms with E-state index in [0.29, 0.717) is 0 Å². The van der Waals surface area contributed by atoms with Crippen molar-refractivity contribution >= 4 is 16.6 Å². The Morgan fingerprint density at radius 3 is 2.82 bits per heavy atom. The molecule has 1 aromatic heterocycles. The predicted molar refractivity (Wildman–Crippen MR) is 72.7 cm³/mol. The molecule has 0 amide bonds. The van der Waals surface area contributed by atoms with E-state index >= 15 is 0 Å². The molecule has 0 radical (unpaired) electrons. The maximum absolute atomic E-state index is 11.5. The smallest absolute Gasteiger partial charge is 0.250 e. The SMILES string of the molecule is C=CCN(C)c1ccc2c(ccc(=O)n2C)c1. The zero-order chi connectivity index (χ0) is 12.4. The van der Waals surface area contributed by atoms with Crippen molar-refractivity contribution in [3.8, 4) is 0 Å². The second-order valence-electron chi connectivity index (χ2n) is 4.14. The van der Waals surface area contributed by atoms with E-state index in [1.807, 2.05) is 31.3 Å². The van der Waals surface area contributed by atoms with E-state index in [2.05, 4.69) is 17.5 Å². The first-order valence-corrected chi connectivity index (χ1v) is 5.55. The highest BCUT2D eigenvalue weighted by atomic mass is 16.1. The summed E-state index contributed by atoms with van der Waals surface area (Å²) in [5, 5.41) is 1.07. The maximum Gasteiger partial charge on any atom is 0.250 e. The number of fused-ring (bicyclic) bond motifs is 1. The number of benzene rings is 1. The monoisotopic (exact) mass is 228 g/mol. The van der Waals surface area contributed by atoms with E-state index in [1.54, 1.807) is 17.7 Å². The molecule has 0 aliphatic rings. The molecule has 0 saturated heterocycles. The van der Waals surface area contributed by atoms with Crippen LogP contribution in [-0.2, 0) is 7.05 Å². The average molecular weight is 228 g/mol. The predicted octanol–water partition coefficient (Wildman–Crippen LogP) is 2.16. The lowest BCUT2D eigenvalue weighted by Crippen LogP contribution is -2.17. The molecule has 17 heavy (non-hydrogen) atoms. The van der Waals surface area contributed by atoms with Crippen LogP contribution < -0.4 is 10.5 Å². The fourth-order valence-corrected chi connectivity index (χ4v) is 1.91. The standard InChI is InChI=1S/C14H16N2O/c1-4-9-15(2)12-6-7-13-11(10-12)5-8-14(17)16(13)3/h4-8,10H,1,9H2,2-3H3. The average Bonchev–Trinajstić information content (AvgIpc) is 2.34. The molecule has 88 valence electrons. The number of aryl methyl sites for hydroxylation is 1. The van der Waals surface area contributed by atoms with Crippen molar-refractivity contribution in [1.82, 2.24) is 4.57 Å². The summed E-state index contributed by atoms with van der Waals surface area (Å²) in [4.78, 5) is 13.6. The van der Waals surface area contributed by atoms with Gasteiger partial charge in [0.25, 0.3) is 5.56 Å². The zero-order valence-electron chi connectivity index (χ0n) is 10.2. The summed E-state index contributed by atoms with van der Waals surface area (Å²) in [6.45, 7) is 4.53. The van der Waals surface area contributed by atoms with Crippen LogP contribution >= 0.6 is 0 Å². The summed E-state index contributed by atoms with van der Waals surface area (Å²) in [6.07, 6.45) is 1.87. The van der Waals surface area contributed by atoms with Crippen molar-refractivity contribution < 1.29 is 0 Å². The van der Waals surface area contributed by atoms with E-state index in [1.165, 1.54) is 0 Å². The van der Waals surface area contributed by atoms with E-state index in [4.69, 9.17) is 0 Å². The van der Waals surface area contributed by atoms with Crippen molar-refractivity contribution in [2.75, 3.05) is 18.5 Å². The third kappa shape index (κ3) is 2.09. The van der Waals surface area contributed by atoms with Crippen LogP contribution in [-0.4, -0.2) is 18.2 Å². The first-order valence-electron chi connectivity index (χ1n) is 5.55. The quantitative estimate of drug-likeness (QED) is 0.752. The number of hydrogen-bond donors (Lipinski definition) is 0. The Morgan fingerprint density at radius 2 is 2.12 bits per heavy atom. The highest BCUT2D eigenvalue weighted by Crippen LogP contribution is 2.19. The number of pyridine rings is 1. The molecule has 0 bridgehead atoms. The summed E-state index contributed by atoms with van der Waals surface area (Å²) in [5.74, 6) is 0. The van der Waals surface area contributed by atoms with Crippen molar-refractivity contribution in [3.05, 3.63) is 53.3 Å². The van der Waals surface area contributed by atoms with Gasteiger partial charge in [0.2, 0.25) is 0 Å². The van der Waals surface area contributed by atoms with Gasteiger partial charge in [-0.1, -0.05) is 6.08 Å². The number of rotatable bonds is 3. The van der Waals surface area contributed by atoms with E-state index in [0.717, 1.165) is 23.1 Å². The van der Waals surface area contributed by atoms with Gasteiger partial charge in [0.15, 0.2) is 0 Å². The van der Waals surface area contributed by atoms with Gasteiger partial charge < -0.3 is 9.47 Å². The van der Waals surface area contributed by atoms with Crippen molar-refractivity contribution in [2.24, 2.45) is 7.05 Å². The lowest BCUT2D eigenvalue weighted by molar-refractivity contribution is 0.906. The van der Waals surface area contributed by atoms with Crippen molar-refractivity contribution in [1.29, 1.82) is 0 Å². The molecule has 0 aliphatic carbocycles. The fourth-order valence-electron chi connectivity index (χ4n) is 1.91. The van der Waals surface area contributed by atoms with Crippen molar-refractivity contribution in [3.63, 3.8) is 0 Å². The number of hydrogen-bond acceptors (Lipinski definition) is 2. The summed E-state index contributed by atoms with van der Waals surface area (Å²) < 4.78 is 1.66. The topological polar surface area (TPSA) is 25.2 Å². The zero-order valence-corrected chi connectivity index (χ0v) is 10.2. The Labute approximate surface area is 101 Å². The molecule has 0 N–H and O–H groups in total. The Kier molecular flexibility index (Phi) is 3.00. The number of aromatic nitrogens is 1. The molecule has 0 unspecified atom stereocenters. The number of anilines is 1. The van der Waals surface area contributed by atoms with Gasteiger partial charge in [0.05, 0.1) is 5.52 Å². The minimum atomic E-state index is 0.0182. The van der Waals surface area contributed by atoms with Gasteiger partial charge in [-0.3, -0.25) is 4.79 Å². The number of likely N-dealkylation sites (N-methyl/N-ethyl adjacent to an activating group) is 1. The van der Waals surface area contributed by atoms with Gasteiger partial charge >= 0.3 is 0 Å². The molecule has 1 aromatic carbocycles. The molecule has 0 spiro atoms. The minimum Gasteiger partial charge on any atom is -0.371 e. The molecule has 0 fully saturated rings. The summed E-state index contributed by atoms with van der Waals surface area (Å²) in [6, 6.07) is 9.54. The Balaban J connectivity index is 2.56. The van der Waals surface area contributed by atoms with Crippen molar-refractivity contribution in [2.45, 2.75) is 0 Å². The number of nitrogens with zero attached hydrogens (tertiary/aromatic N) is 2. The van der Waals surface area contributed by atoms with Crippen LogP contribution in [0.15, 0.2) is 47.8 Å². The summed E-state index contributed by atoms with van der Waals surface area (Å²) in [7, 11) is 3.81. The lowest BCUT2D eigenvalue weighted by Gasteiger charge is -2.18. The third-order valence-corrected chi connectivity index (χ3v) is 2.95. The Hall–Kier alpha value is -2.03. The van der Waals surface area contributed by atoms with Crippen LogP contribution in [0.4, 0.5) is 5.69 Å². The van der Waals surface area contributed by atoms with Crippen LogP contribution in [0.25, 0.3) is 10.9 Å². The van der Waals surface area contributed by atoms with Crippen LogP contribution in [0, 0.1) is 0 Å². The molecule has 1 heterocycles. The largest absolute Gasteiger partial charge is 0.371 e. The second-order valence-corrected chi connectivity index (χ2v) is 4.14. The van der Waals surface area contributed by atoms with Gasteiger partial charge in [-0.05, 0) is 24.3 Å². The van der Waals surface area contributed by atoms with Gasteiger partial charge in [0, 0.05) is 37.8 Å². The van der Waals surface area contributed by atoms with Gasteiger partial charge in [0.1, 0.15) is 0 Å². The first kappa shape index (κ1) is 11.5. The Morgan fingerprint density at radius 1 is 1.35 bits per heavy atom. The highest BCUT2D eigenvalue weighted by molar-refractivity contribution is 5.82. The van der Waals surface area contributed by atoms with Crippen LogP contribution in [0.1, 0.15) is 0 Å². The van der Waals surface area contributed by atoms with E-state index in [-0.39, 0.29) is 5.56 Å². The summed E-state index contributed by atoms with van der Waals surface area (Å²) in [5.41, 5.74) is 2.09. The normalized spacial score (nSPS) is 10.5. The lowest BCUT2D eigenvalue weighted by atomic mass is 10.2. The van der Waals surface area contributed by atoms with Crippen LogP contribution in [0.5, 0.6) is 0 Å². The maximum atomic E-state index is 11.5. The first-order chi connectivity index (χ1) is 8.13. The molecular weight excluding hydrogens is 212 g/mol. The molecule has 0 aliphatic heterocycles. The van der Waals surface area contributed by atoms with Gasteiger partial charge in [-0.25, -0.2) is 0 Å². The molecule has 2 aromatic rings. The summed E-state index contributed by atoms with van der Waals surface area (Å²) >= 11 is 0. The minimum absolute atomic E-state index is 0.0182. The van der Waals surface area contributed by atoms with Gasteiger partial charge in [-0.15, -0.1) is 6.58 Å². The fraction of sp³-hybridized carbons (Fsp3) is 0.214. The molecule has 0 atom stereocenters. The molecule has 2 rings (SSSR count). The highest BCUT2D eigenvalue weighted by Gasteiger charge is 2.03. The van der Waals surface area contributed by atoms with Crippen LogP contribution in [0.2, 0.25) is 0 Å². The molecular formula is C14H16N2O. The molecule has 3 heteroatoms. The van der Waals surface area contributed by atoms with E-state index in [9.17, 15) is 4.79 Å². The van der Waals surface area contributed by atoms with E-state index < -0.39 is 0 Å². The van der Waals surface area contributed by atoms with Gasteiger partial charge in [-0.2, -0.15) is 0 Å². The third-order valence-electron chi connectivity index (χ3n) is 2.95. The molecule has 3 nitrogen and oxygen atoms in total. The second kappa shape index (κ2) is 4.45. The van der Waals surface area contributed by atoms with Crippen LogP contribution in [0.3, 0.4) is 0 Å².